The zero-order valence-corrected chi connectivity index (χ0v) is 6.67. The van der Waals surface area contributed by atoms with Crippen LogP contribution >= 0.6 is 21.6 Å². The van der Waals surface area contributed by atoms with Gasteiger partial charge < -0.3 is 4.98 Å². The fraction of sp³-hybridized carbons (Fsp3) is 0.167. The molecule has 0 saturated carbocycles. The molecular weight excluding hydrogens is 166 g/mol. The molecule has 1 aromatic rings. The summed E-state index contributed by atoms with van der Waals surface area (Å²) in [6, 6.07) is 3.59. The Morgan fingerprint density at radius 3 is 2.90 bits per heavy atom. The van der Waals surface area contributed by atoms with Crippen LogP contribution in [-0.4, -0.2) is 4.98 Å². The SMILES string of the molecule is O=c1cc(C2SS2)cc[nH]1. The average molecular weight is 171 g/mol. The molecule has 0 aliphatic carbocycles. The number of hydrogen-bond acceptors (Lipinski definition) is 3. The second-order valence-electron chi connectivity index (χ2n) is 2.01. The van der Waals surface area contributed by atoms with E-state index in [4.69, 9.17) is 0 Å². The number of H-pyrrole nitrogens is 1. The van der Waals surface area contributed by atoms with Gasteiger partial charge in [0.1, 0.15) is 0 Å². The first-order chi connectivity index (χ1) is 4.86. The summed E-state index contributed by atoms with van der Waals surface area (Å²) < 4.78 is 0.516. The van der Waals surface area contributed by atoms with Gasteiger partial charge >= 0.3 is 0 Å². The normalized spacial score (nSPS) is 17.2. The van der Waals surface area contributed by atoms with Crippen molar-refractivity contribution in [3.05, 3.63) is 34.2 Å². The van der Waals surface area contributed by atoms with Crippen molar-refractivity contribution in [1.29, 1.82) is 0 Å². The third kappa shape index (κ3) is 1.22. The van der Waals surface area contributed by atoms with Crippen molar-refractivity contribution in [2.45, 2.75) is 4.58 Å². The highest BCUT2D eigenvalue weighted by Gasteiger charge is 2.26. The van der Waals surface area contributed by atoms with Crippen LogP contribution in [0.1, 0.15) is 10.1 Å². The quantitative estimate of drug-likeness (QED) is 0.516. The number of hydrogen-bond donors (Lipinski definition) is 1. The molecule has 4 heteroatoms. The predicted octanol–water partition coefficient (Wildman–Crippen LogP) is 1.77. The first kappa shape index (κ1) is 6.37. The summed E-state index contributed by atoms with van der Waals surface area (Å²) in [5, 5.41) is 0. The number of nitrogens with one attached hydrogen (secondary N) is 1. The van der Waals surface area contributed by atoms with Gasteiger partial charge in [0.05, 0.1) is 4.58 Å². The minimum absolute atomic E-state index is 0.00870. The summed E-state index contributed by atoms with van der Waals surface area (Å²) in [5.41, 5.74) is 1.12. The molecule has 2 heterocycles. The minimum atomic E-state index is -0.00870. The molecule has 2 nitrogen and oxygen atoms in total. The first-order valence-electron chi connectivity index (χ1n) is 2.87. The Balaban J connectivity index is 2.41. The molecule has 0 radical (unpaired) electrons. The molecule has 0 aromatic carbocycles. The molecule has 1 fully saturated rings. The van der Waals surface area contributed by atoms with Crippen LogP contribution in [0, 0.1) is 0 Å². The molecule has 52 valence electrons. The molecule has 0 atom stereocenters. The monoisotopic (exact) mass is 171 g/mol. The maximum Gasteiger partial charge on any atom is 0.248 e. The van der Waals surface area contributed by atoms with E-state index in [0.29, 0.717) is 4.58 Å². The van der Waals surface area contributed by atoms with Crippen molar-refractivity contribution in [3.8, 4) is 0 Å². The zero-order valence-electron chi connectivity index (χ0n) is 5.03. The lowest BCUT2D eigenvalue weighted by molar-refractivity contribution is 1.20. The summed E-state index contributed by atoms with van der Waals surface area (Å²) in [5.74, 6) is 0. The van der Waals surface area contributed by atoms with Crippen molar-refractivity contribution >= 4 is 21.6 Å². The predicted molar refractivity (Wildman–Crippen MR) is 45.0 cm³/mol. The van der Waals surface area contributed by atoms with Gasteiger partial charge in [-0.1, -0.05) is 21.6 Å². The molecular formula is C6H5NOS2. The van der Waals surface area contributed by atoms with E-state index in [1.165, 1.54) is 0 Å². The second-order valence-corrected chi connectivity index (χ2v) is 4.79. The lowest BCUT2D eigenvalue weighted by atomic mass is 10.3. The lowest BCUT2D eigenvalue weighted by Crippen LogP contribution is -2.02. The van der Waals surface area contributed by atoms with Gasteiger partial charge in [-0.2, -0.15) is 0 Å². The topological polar surface area (TPSA) is 32.9 Å². The molecule has 1 saturated heterocycles. The Morgan fingerprint density at radius 2 is 2.30 bits per heavy atom. The van der Waals surface area contributed by atoms with Gasteiger partial charge in [0.15, 0.2) is 0 Å². The Bertz CT molecular complexity index is 292. The van der Waals surface area contributed by atoms with E-state index in [9.17, 15) is 4.79 Å². The summed E-state index contributed by atoms with van der Waals surface area (Å²) in [4.78, 5) is 13.3. The summed E-state index contributed by atoms with van der Waals surface area (Å²) >= 11 is 0. The van der Waals surface area contributed by atoms with E-state index < -0.39 is 0 Å². The molecule has 1 aromatic heterocycles. The highest BCUT2D eigenvalue weighted by molar-refractivity contribution is 8.92. The Kier molecular flexibility index (Phi) is 1.50. The fourth-order valence-electron chi connectivity index (χ4n) is 0.747. The van der Waals surface area contributed by atoms with Crippen LogP contribution in [-0.2, 0) is 0 Å². The highest BCUT2D eigenvalue weighted by Crippen LogP contribution is 2.65. The summed E-state index contributed by atoms with van der Waals surface area (Å²) in [6.07, 6.45) is 1.69. The van der Waals surface area contributed by atoms with Gasteiger partial charge in [-0.05, 0) is 11.6 Å². The van der Waals surface area contributed by atoms with Crippen LogP contribution in [0.4, 0.5) is 0 Å². The van der Waals surface area contributed by atoms with Gasteiger partial charge in [-0.3, -0.25) is 4.79 Å². The van der Waals surface area contributed by atoms with E-state index >= 15 is 0 Å². The molecule has 0 unspecified atom stereocenters. The minimum Gasteiger partial charge on any atom is -0.329 e. The van der Waals surface area contributed by atoms with Gasteiger partial charge in [0.2, 0.25) is 5.56 Å². The summed E-state index contributed by atoms with van der Waals surface area (Å²) in [7, 11) is 3.59. The largest absolute Gasteiger partial charge is 0.329 e. The highest BCUT2D eigenvalue weighted by atomic mass is 33.2. The van der Waals surface area contributed by atoms with Crippen molar-refractivity contribution < 1.29 is 0 Å². The van der Waals surface area contributed by atoms with Gasteiger partial charge in [0.25, 0.3) is 0 Å². The number of pyridine rings is 1. The molecule has 1 aliphatic heterocycles. The van der Waals surface area contributed by atoms with Crippen LogP contribution < -0.4 is 5.56 Å². The second kappa shape index (κ2) is 2.36. The van der Waals surface area contributed by atoms with Crippen molar-refractivity contribution in [1.82, 2.24) is 4.98 Å². The fourth-order valence-corrected chi connectivity index (χ4v) is 2.15. The van der Waals surface area contributed by atoms with Crippen LogP contribution in [0.15, 0.2) is 23.1 Å². The molecule has 1 aliphatic rings. The smallest absolute Gasteiger partial charge is 0.248 e. The van der Waals surface area contributed by atoms with E-state index in [1.807, 2.05) is 6.07 Å². The van der Waals surface area contributed by atoms with Crippen molar-refractivity contribution in [2.75, 3.05) is 0 Å². The van der Waals surface area contributed by atoms with Gasteiger partial charge in [-0.25, -0.2) is 0 Å². The number of aromatic nitrogens is 1. The molecule has 0 bridgehead atoms. The third-order valence-corrected chi connectivity index (χ3v) is 3.35. The molecule has 2 rings (SSSR count). The molecule has 0 spiro atoms. The van der Waals surface area contributed by atoms with Crippen LogP contribution in [0.5, 0.6) is 0 Å². The Labute approximate surface area is 65.8 Å². The maximum atomic E-state index is 10.7. The Hall–Kier alpha value is -0.350. The summed E-state index contributed by atoms with van der Waals surface area (Å²) in [6.45, 7) is 0. The van der Waals surface area contributed by atoms with E-state index in [0.717, 1.165) is 5.56 Å². The molecule has 1 N–H and O–H groups in total. The van der Waals surface area contributed by atoms with Crippen LogP contribution in [0.2, 0.25) is 0 Å². The Morgan fingerprint density at radius 1 is 1.50 bits per heavy atom. The van der Waals surface area contributed by atoms with Crippen molar-refractivity contribution in [2.24, 2.45) is 0 Å². The van der Waals surface area contributed by atoms with Gasteiger partial charge in [0, 0.05) is 12.3 Å². The first-order valence-corrected chi connectivity index (χ1v) is 5.15. The van der Waals surface area contributed by atoms with E-state index in [2.05, 4.69) is 4.98 Å². The van der Waals surface area contributed by atoms with Crippen LogP contribution in [0.3, 0.4) is 0 Å². The third-order valence-electron chi connectivity index (χ3n) is 1.26. The average Bonchev–Trinajstić information content (AvgIpc) is 2.68. The zero-order chi connectivity index (χ0) is 6.97. The van der Waals surface area contributed by atoms with Crippen molar-refractivity contribution in [3.63, 3.8) is 0 Å². The standard InChI is InChI=1S/C6H5NOS2/c8-5-3-4(1-2-7-5)6-9-10-6/h1-3,6H,(H,7,8). The number of aromatic amines is 1. The van der Waals surface area contributed by atoms with E-state index in [1.54, 1.807) is 33.9 Å². The van der Waals surface area contributed by atoms with Crippen LogP contribution in [0.25, 0.3) is 0 Å². The maximum absolute atomic E-state index is 10.7. The lowest BCUT2D eigenvalue weighted by Gasteiger charge is -1.89. The van der Waals surface area contributed by atoms with E-state index in [-0.39, 0.29) is 5.56 Å². The van der Waals surface area contributed by atoms with Gasteiger partial charge in [-0.15, -0.1) is 0 Å². The molecule has 0 amide bonds. The molecule has 10 heavy (non-hydrogen) atoms. The number of rotatable bonds is 1.